The predicted octanol–water partition coefficient (Wildman–Crippen LogP) is 1.75. The molecule has 0 aliphatic carbocycles. The Hall–Kier alpha value is -1.74. The fourth-order valence-corrected chi connectivity index (χ4v) is 1.66. The van der Waals surface area contributed by atoms with Gasteiger partial charge in [-0.15, -0.1) is 0 Å². The summed E-state index contributed by atoms with van der Waals surface area (Å²) in [6.45, 7) is 0. The number of nitrogens with two attached hydrogens (primary N) is 1. The third kappa shape index (κ3) is 2.02. The van der Waals surface area contributed by atoms with E-state index in [0.717, 1.165) is 16.5 Å². The summed E-state index contributed by atoms with van der Waals surface area (Å²) in [4.78, 5) is 4.28. The average Bonchev–Trinajstić information content (AvgIpc) is 2.29. The Kier molecular flexibility index (Phi) is 2.74. The zero-order valence-electron chi connectivity index (χ0n) is 8.35. The number of rotatable bonds is 3. The third-order valence-corrected chi connectivity index (χ3v) is 2.41. The highest BCUT2D eigenvalue weighted by Gasteiger charge is 2.04. The molecule has 76 valence electrons. The molecule has 1 atom stereocenters. The molecule has 0 bridgehead atoms. The molecule has 15 heavy (non-hydrogen) atoms. The van der Waals surface area contributed by atoms with Crippen LogP contribution < -0.4 is 5.73 Å². The number of hydrogen-bond donors (Lipinski definition) is 2. The lowest BCUT2D eigenvalue weighted by atomic mass is 10.0. The van der Waals surface area contributed by atoms with E-state index in [9.17, 15) is 0 Å². The van der Waals surface area contributed by atoms with E-state index < -0.39 is 0 Å². The van der Waals surface area contributed by atoms with E-state index in [1.807, 2.05) is 30.3 Å². The van der Waals surface area contributed by atoms with Gasteiger partial charge in [-0.3, -0.25) is 4.98 Å². The van der Waals surface area contributed by atoms with Crippen LogP contribution in [-0.4, -0.2) is 17.2 Å². The lowest BCUT2D eigenvalue weighted by Crippen LogP contribution is -2.23. The number of pyridine rings is 1. The summed E-state index contributed by atoms with van der Waals surface area (Å²) in [5.74, 6) is 0. The summed E-state index contributed by atoms with van der Waals surface area (Å²) >= 11 is 0. The Balaban J connectivity index is 2.46. The van der Waals surface area contributed by atoms with Crippen LogP contribution >= 0.6 is 0 Å². The molecule has 0 fully saturated rings. The van der Waals surface area contributed by atoms with Crippen molar-refractivity contribution in [3.05, 3.63) is 42.1 Å². The highest BCUT2D eigenvalue weighted by molar-refractivity contribution is 5.82. The van der Waals surface area contributed by atoms with Crippen LogP contribution in [0.25, 0.3) is 10.9 Å². The molecule has 3 N–H and O–H groups in total. The van der Waals surface area contributed by atoms with Gasteiger partial charge in [0, 0.05) is 23.8 Å². The van der Waals surface area contributed by atoms with Gasteiger partial charge in [-0.25, -0.2) is 0 Å². The minimum atomic E-state index is -0.212. The van der Waals surface area contributed by atoms with Gasteiger partial charge in [-0.05, 0) is 24.1 Å². The van der Waals surface area contributed by atoms with E-state index in [4.69, 9.17) is 11.1 Å². The Morgan fingerprint density at radius 1 is 1.33 bits per heavy atom. The third-order valence-electron chi connectivity index (χ3n) is 2.41. The lowest BCUT2D eigenvalue weighted by molar-refractivity contribution is 0.866. The van der Waals surface area contributed by atoms with Crippen molar-refractivity contribution in [2.24, 2.45) is 5.73 Å². The van der Waals surface area contributed by atoms with Gasteiger partial charge < -0.3 is 11.1 Å². The zero-order chi connectivity index (χ0) is 10.7. The highest BCUT2D eigenvalue weighted by atomic mass is 14.7. The normalized spacial score (nSPS) is 12.6. The van der Waals surface area contributed by atoms with Crippen LogP contribution in [0.1, 0.15) is 5.56 Å². The van der Waals surface area contributed by atoms with Crippen molar-refractivity contribution >= 4 is 17.1 Å². The second-order valence-corrected chi connectivity index (χ2v) is 3.52. The molecule has 1 unspecified atom stereocenters. The number of aromatic nitrogens is 1. The van der Waals surface area contributed by atoms with Gasteiger partial charge in [0.25, 0.3) is 0 Å². The molecule has 1 aromatic heterocycles. The first-order valence-electron chi connectivity index (χ1n) is 4.90. The van der Waals surface area contributed by atoms with E-state index in [-0.39, 0.29) is 6.04 Å². The van der Waals surface area contributed by atoms with E-state index in [0.29, 0.717) is 6.42 Å². The maximum absolute atomic E-state index is 7.10. The van der Waals surface area contributed by atoms with Crippen LogP contribution in [-0.2, 0) is 6.42 Å². The average molecular weight is 199 g/mol. The molecule has 0 amide bonds. The topological polar surface area (TPSA) is 62.8 Å². The van der Waals surface area contributed by atoms with Gasteiger partial charge in [0.05, 0.1) is 5.52 Å². The Labute approximate surface area is 88.5 Å². The Morgan fingerprint density at radius 3 is 3.00 bits per heavy atom. The van der Waals surface area contributed by atoms with Gasteiger partial charge in [0.1, 0.15) is 0 Å². The van der Waals surface area contributed by atoms with Crippen molar-refractivity contribution in [1.82, 2.24) is 4.98 Å². The summed E-state index contributed by atoms with van der Waals surface area (Å²) in [7, 11) is 0. The number of nitrogens with one attached hydrogen (secondary N) is 1. The summed E-state index contributed by atoms with van der Waals surface area (Å²) < 4.78 is 0. The predicted molar refractivity (Wildman–Crippen MR) is 62.2 cm³/mol. The van der Waals surface area contributed by atoms with Crippen LogP contribution in [0.15, 0.2) is 36.5 Å². The van der Waals surface area contributed by atoms with Crippen LogP contribution in [0.5, 0.6) is 0 Å². The Bertz CT molecular complexity index is 474. The molecule has 0 saturated heterocycles. The molecule has 0 aliphatic rings. The highest BCUT2D eigenvalue weighted by Crippen LogP contribution is 2.17. The van der Waals surface area contributed by atoms with Crippen molar-refractivity contribution in [1.29, 1.82) is 5.41 Å². The maximum atomic E-state index is 7.10. The minimum Gasteiger partial charge on any atom is -0.323 e. The quantitative estimate of drug-likeness (QED) is 0.740. The second kappa shape index (κ2) is 4.19. The lowest BCUT2D eigenvalue weighted by Gasteiger charge is -2.08. The summed E-state index contributed by atoms with van der Waals surface area (Å²) in [6.07, 6.45) is 3.74. The van der Waals surface area contributed by atoms with Crippen molar-refractivity contribution < 1.29 is 0 Å². The monoisotopic (exact) mass is 199 g/mol. The first-order valence-corrected chi connectivity index (χ1v) is 4.90. The van der Waals surface area contributed by atoms with Gasteiger partial charge in [-0.2, -0.15) is 0 Å². The zero-order valence-corrected chi connectivity index (χ0v) is 8.35. The second-order valence-electron chi connectivity index (χ2n) is 3.52. The molecular formula is C12H13N3. The van der Waals surface area contributed by atoms with Gasteiger partial charge in [-0.1, -0.05) is 18.2 Å². The molecule has 0 spiro atoms. The van der Waals surface area contributed by atoms with E-state index >= 15 is 0 Å². The molecule has 3 heteroatoms. The van der Waals surface area contributed by atoms with E-state index in [2.05, 4.69) is 4.98 Å². The molecule has 1 aromatic carbocycles. The van der Waals surface area contributed by atoms with Crippen LogP contribution in [0, 0.1) is 5.41 Å². The molecule has 3 nitrogen and oxygen atoms in total. The van der Waals surface area contributed by atoms with Crippen LogP contribution in [0.2, 0.25) is 0 Å². The first-order chi connectivity index (χ1) is 7.31. The molecular weight excluding hydrogens is 186 g/mol. The molecule has 2 aromatic rings. The summed E-state index contributed by atoms with van der Waals surface area (Å²) in [6, 6.07) is 9.73. The molecule has 1 heterocycles. The largest absolute Gasteiger partial charge is 0.323 e. The van der Waals surface area contributed by atoms with Crippen molar-refractivity contribution in [3.8, 4) is 0 Å². The summed E-state index contributed by atoms with van der Waals surface area (Å²) in [5, 5.41) is 8.22. The maximum Gasteiger partial charge on any atom is 0.0704 e. The Morgan fingerprint density at radius 2 is 2.20 bits per heavy atom. The first kappa shape index (κ1) is 9.80. The number of nitrogens with zero attached hydrogens (tertiary/aromatic N) is 1. The van der Waals surface area contributed by atoms with Gasteiger partial charge in [0.15, 0.2) is 0 Å². The molecule has 2 rings (SSSR count). The van der Waals surface area contributed by atoms with Crippen molar-refractivity contribution in [2.45, 2.75) is 12.5 Å². The number of benzene rings is 1. The SMILES string of the molecule is N=CC(N)Cc1cccc2ncccc12. The van der Waals surface area contributed by atoms with E-state index in [1.165, 1.54) is 6.21 Å². The van der Waals surface area contributed by atoms with Gasteiger partial charge in [0.2, 0.25) is 0 Å². The molecule has 0 saturated carbocycles. The molecule has 0 radical (unpaired) electrons. The number of hydrogen-bond acceptors (Lipinski definition) is 3. The smallest absolute Gasteiger partial charge is 0.0704 e. The van der Waals surface area contributed by atoms with Gasteiger partial charge >= 0.3 is 0 Å². The fourth-order valence-electron chi connectivity index (χ4n) is 1.66. The van der Waals surface area contributed by atoms with Crippen molar-refractivity contribution in [3.63, 3.8) is 0 Å². The number of fused-ring (bicyclic) bond motifs is 1. The van der Waals surface area contributed by atoms with Crippen LogP contribution in [0.4, 0.5) is 0 Å². The standard InChI is InChI=1S/C12H13N3/c13-8-10(14)7-9-3-1-5-12-11(9)4-2-6-15-12/h1-6,8,10,13H,7,14H2. The summed E-state index contributed by atoms with van der Waals surface area (Å²) in [5.41, 5.74) is 7.86. The van der Waals surface area contributed by atoms with E-state index in [1.54, 1.807) is 6.20 Å². The van der Waals surface area contributed by atoms with Crippen LogP contribution in [0.3, 0.4) is 0 Å². The van der Waals surface area contributed by atoms with Crippen molar-refractivity contribution in [2.75, 3.05) is 0 Å². The molecule has 0 aliphatic heterocycles. The fraction of sp³-hybridized carbons (Fsp3) is 0.167. The minimum absolute atomic E-state index is 0.212.